The van der Waals surface area contributed by atoms with E-state index in [9.17, 15) is 9.59 Å². The Hall–Kier alpha value is -2.60. The van der Waals surface area contributed by atoms with Crippen LogP contribution in [0.3, 0.4) is 0 Å². The average molecular weight is 381 g/mol. The molecule has 6 nitrogen and oxygen atoms in total. The van der Waals surface area contributed by atoms with E-state index in [1.54, 1.807) is 6.26 Å². The molecule has 148 valence electrons. The Morgan fingerprint density at radius 3 is 2.29 bits per heavy atom. The molecule has 1 aromatic carbocycles. The van der Waals surface area contributed by atoms with Crippen molar-refractivity contribution in [2.24, 2.45) is 5.92 Å². The Labute approximate surface area is 165 Å². The molecular weight excluding hydrogens is 354 g/mol. The molecule has 6 heteroatoms. The van der Waals surface area contributed by atoms with Crippen LogP contribution in [0, 0.1) is 5.92 Å². The van der Waals surface area contributed by atoms with Crippen molar-refractivity contribution >= 4 is 11.8 Å². The van der Waals surface area contributed by atoms with Gasteiger partial charge in [-0.25, -0.2) is 0 Å². The molecule has 0 unspecified atom stereocenters. The molecule has 0 N–H and O–H groups in total. The normalized spacial score (nSPS) is 17.2. The largest absolute Gasteiger partial charge is 0.468 e. The minimum absolute atomic E-state index is 0.112. The highest BCUT2D eigenvalue weighted by Gasteiger charge is 2.35. The van der Waals surface area contributed by atoms with Crippen LogP contribution in [0.15, 0.2) is 53.1 Å². The summed E-state index contributed by atoms with van der Waals surface area (Å²) in [6, 6.07) is 14.0. The van der Waals surface area contributed by atoms with Crippen LogP contribution in [0.4, 0.5) is 0 Å². The fourth-order valence-electron chi connectivity index (χ4n) is 3.69. The molecule has 2 aromatic rings. The van der Waals surface area contributed by atoms with Crippen LogP contribution in [-0.4, -0.2) is 59.2 Å². The van der Waals surface area contributed by atoms with Gasteiger partial charge in [0.25, 0.3) is 0 Å². The van der Waals surface area contributed by atoms with Gasteiger partial charge in [-0.3, -0.25) is 14.5 Å². The van der Waals surface area contributed by atoms with Crippen molar-refractivity contribution in [3.05, 3.63) is 60.1 Å². The van der Waals surface area contributed by atoms with Crippen molar-refractivity contribution in [3.63, 3.8) is 0 Å². The third kappa shape index (κ3) is 4.81. The molecule has 0 bridgehead atoms. The number of carbonyl (C=O) groups is 2. The number of amides is 2. The number of hydrogen-bond donors (Lipinski definition) is 0. The summed E-state index contributed by atoms with van der Waals surface area (Å²) in [5, 5.41) is 0. The predicted octanol–water partition coefficient (Wildman–Crippen LogP) is 2.36. The lowest BCUT2D eigenvalue weighted by Gasteiger charge is -2.36. The van der Waals surface area contributed by atoms with Crippen LogP contribution in [0.2, 0.25) is 0 Å². The first kappa shape index (κ1) is 18.7. The number of piperazine rings is 1. The van der Waals surface area contributed by atoms with Crippen molar-refractivity contribution in [3.8, 4) is 0 Å². The lowest BCUT2D eigenvalue weighted by molar-refractivity contribution is -0.141. The van der Waals surface area contributed by atoms with E-state index in [0.717, 1.165) is 18.6 Å². The minimum Gasteiger partial charge on any atom is -0.468 e. The molecule has 4 rings (SSSR count). The first-order chi connectivity index (χ1) is 13.7. The molecule has 0 radical (unpaired) electrons. The fourth-order valence-corrected chi connectivity index (χ4v) is 3.69. The second-order valence-corrected chi connectivity index (χ2v) is 7.69. The number of furan rings is 1. The Morgan fingerprint density at radius 2 is 1.64 bits per heavy atom. The maximum Gasteiger partial charge on any atom is 0.236 e. The van der Waals surface area contributed by atoms with E-state index in [1.165, 1.54) is 5.56 Å². The van der Waals surface area contributed by atoms with Gasteiger partial charge in [0, 0.05) is 38.6 Å². The summed E-state index contributed by atoms with van der Waals surface area (Å²) in [5.41, 5.74) is 1.17. The Bertz CT molecular complexity index is 779. The molecule has 2 fully saturated rings. The van der Waals surface area contributed by atoms with E-state index in [0.29, 0.717) is 45.8 Å². The fraction of sp³-hybridized carbons (Fsp3) is 0.455. The summed E-state index contributed by atoms with van der Waals surface area (Å²) < 4.78 is 5.49. The molecule has 2 aliphatic rings. The lowest BCUT2D eigenvalue weighted by atomic mass is 10.2. The zero-order chi connectivity index (χ0) is 19.3. The van der Waals surface area contributed by atoms with E-state index < -0.39 is 0 Å². The number of rotatable bonds is 7. The number of carbonyl (C=O) groups excluding carboxylic acids is 2. The first-order valence-corrected chi connectivity index (χ1v) is 10.0. The number of benzene rings is 1. The second-order valence-electron chi connectivity index (χ2n) is 7.69. The van der Waals surface area contributed by atoms with Gasteiger partial charge in [0.15, 0.2) is 0 Å². The minimum atomic E-state index is 0.112. The van der Waals surface area contributed by atoms with Gasteiger partial charge in [-0.05, 0) is 30.5 Å². The molecule has 28 heavy (non-hydrogen) atoms. The second kappa shape index (κ2) is 8.61. The standard InChI is InChI=1S/C22H27N3O3/c26-21(24-10-12-25(13-11-24)22(27)19-8-9-19)17-23(16-20-7-4-14-28-20)15-18-5-2-1-3-6-18/h1-7,14,19H,8-13,15-17H2. The molecular formula is C22H27N3O3. The number of hydrogen-bond acceptors (Lipinski definition) is 4. The van der Waals surface area contributed by atoms with E-state index >= 15 is 0 Å². The molecule has 2 heterocycles. The zero-order valence-electron chi connectivity index (χ0n) is 16.1. The maximum atomic E-state index is 12.9. The van der Waals surface area contributed by atoms with Gasteiger partial charge in [0.1, 0.15) is 5.76 Å². The Morgan fingerprint density at radius 1 is 0.929 bits per heavy atom. The highest BCUT2D eigenvalue weighted by molar-refractivity contribution is 5.82. The monoisotopic (exact) mass is 381 g/mol. The third-order valence-corrected chi connectivity index (χ3v) is 5.44. The SMILES string of the molecule is O=C(CN(Cc1ccccc1)Cc1ccco1)N1CCN(C(=O)C2CC2)CC1. The summed E-state index contributed by atoms with van der Waals surface area (Å²) in [6.07, 6.45) is 3.71. The smallest absolute Gasteiger partial charge is 0.236 e. The van der Waals surface area contributed by atoms with E-state index in [1.807, 2.05) is 40.1 Å². The molecule has 0 spiro atoms. The van der Waals surface area contributed by atoms with Gasteiger partial charge in [0.2, 0.25) is 11.8 Å². The van der Waals surface area contributed by atoms with Gasteiger partial charge < -0.3 is 14.2 Å². The molecule has 1 aliphatic heterocycles. The average Bonchev–Trinajstić information content (AvgIpc) is 3.45. The summed E-state index contributed by atoms with van der Waals surface area (Å²) in [7, 11) is 0. The maximum absolute atomic E-state index is 12.9. The third-order valence-electron chi connectivity index (χ3n) is 5.44. The molecule has 1 saturated carbocycles. The molecule has 1 aliphatic carbocycles. The van der Waals surface area contributed by atoms with Crippen molar-refractivity contribution < 1.29 is 14.0 Å². The Balaban J connectivity index is 1.34. The van der Waals surface area contributed by atoms with Crippen LogP contribution in [-0.2, 0) is 22.7 Å². The summed E-state index contributed by atoms with van der Waals surface area (Å²) in [6.45, 7) is 4.16. The lowest BCUT2D eigenvalue weighted by Crippen LogP contribution is -2.52. The van der Waals surface area contributed by atoms with Gasteiger partial charge >= 0.3 is 0 Å². The highest BCUT2D eigenvalue weighted by Crippen LogP contribution is 2.31. The summed E-state index contributed by atoms with van der Waals surface area (Å²) in [5.74, 6) is 1.48. The quantitative estimate of drug-likeness (QED) is 0.739. The van der Waals surface area contributed by atoms with E-state index in [-0.39, 0.29) is 17.7 Å². The summed E-state index contributed by atoms with van der Waals surface area (Å²) in [4.78, 5) is 31.0. The van der Waals surface area contributed by atoms with Crippen LogP contribution >= 0.6 is 0 Å². The Kier molecular flexibility index (Phi) is 5.76. The van der Waals surface area contributed by atoms with Gasteiger partial charge in [-0.15, -0.1) is 0 Å². The van der Waals surface area contributed by atoms with Crippen LogP contribution in [0.25, 0.3) is 0 Å². The predicted molar refractivity (Wildman–Crippen MR) is 105 cm³/mol. The van der Waals surface area contributed by atoms with Crippen LogP contribution < -0.4 is 0 Å². The molecule has 1 saturated heterocycles. The van der Waals surface area contributed by atoms with Crippen LogP contribution in [0.1, 0.15) is 24.2 Å². The van der Waals surface area contributed by atoms with Gasteiger partial charge in [0.05, 0.1) is 19.4 Å². The number of nitrogens with zero attached hydrogens (tertiary/aromatic N) is 3. The van der Waals surface area contributed by atoms with Crippen molar-refractivity contribution in [2.45, 2.75) is 25.9 Å². The molecule has 0 atom stereocenters. The first-order valence-electron chi connectivity index (χ1n) is 10.0. The summed E-state index contributed by atoms with van der Waals surface area (Å²) >= 11 is 0. The van der Waals surface area contributed by atoms with Crippen molar-refractivity contribution in [2.75, 3.05) is 32.7 Å². The topological polar surface area (TPSA) is 57.0 Å². The molecule has 1 aromatic heterocycles. The van der Waals surface area contributed by atoms with Gasteiger partial charge in [-0.1, -0.05) is 30.3 Å². The van der Waals surface area contributed by atoms with Gasteiger partial charge in [-0.2, -0.15) is 0 Å². The zero-order valence-corrected chi connectivity index (χ0v) is 16.1. The highest BCUT2D eigenvalue weighted by atomic mass is 16.3. The van der Waals surface area contributed by atoms with E-state index in [4.69, 9.17) is 4.42 Å². The van der Waals surface area contributed by atoms with Crippen molar-refractivity contribution in [1.82, 2.24) is 14.7 Å². The van der Waals surface area contributed by atoms with Crippen molar-refractivity contribution in [1.29, 1.82) is 0 Å². The molecule has 2 amide bonds. The van der Waals surface area contributed by atoms with Crippen LogP contribution in [0.5, 0.6) is 0 Å². The van der Waals surface area contributed by atoms with E-state index in [2.05, 4.69) is 17.0 Å².